The SMILES string of the molecule is COCC(O)CCNC(=O)c1cccc(Br)c1C. The Morgan fingerprint density at radius 3 is 2.94 bits per heavy atom. The molecule has 0 radical (unpaired) electrons. The molecular formula is C13H18BrNO3. The van der Waals surface area contributed by atoms with Crippen molar-refractivity contribution < 1.29 is 14.6 Å². The summed E-state index contributed by atoms with van der Waals surface area (Å²) in [5.74, 6) is -0.126. The van der Waals surface area contributed by atoms with Crippen molar-refractivity contribution in [3.63, 3.8) is 0 Å². The molecule has 0 fully saturated rings. The standard InChI is InChI=1S/C13H18BrNO3/c1-9-11(4-3-5-12(9)14)13(17)15-7-6-10(16)8-18-2/h3-5,10,16H,6-8H2,1-2H3,(H,15,17). The normalized spacial score (nSPS) is 12.2. The third-order valence-electron chi connectivity index (χ3n) is 2.63. The summed E-state index contributed by atoms with van der Waals surface area (Å²) in [7, 11) is 1.53. The molecule has 0 spiro atoms. The number of methoxy groups -OCH3 is 1. The van der Waals surface area contributed by atoms with E-state index in [0.717, 1.165) is 10.0 Å². The van der Waals surface area contributed by atoms with Gasteiger partial charge in [0.2, 0.25) is 0 Å². The number of rotatable bonds is 6. The Morgan fingerprint density at radius 2 is 2.28 bits per heavy atom. The molecule has 0 aliphatic carbocycles. The van der Waals surface area contributed by atoms with Crippen LogP contribution in [0.2, 0.25) is 0 Å². The molecule has 1 rings (SSSR count). The van der Waals surface area contributed by atoms with E-state index in [4.69, 9.17) is 4.74 Å². The van der Waals surface area contributed by atoms with Gasteiger partial charge in [0, 0.05) is 23.7 Å². The average Bonchev–Trinajstić information content (AvgIpc) is 2.33. The molecule has 1 unspecified atom stereocenters. The van der Waals surface area contributed by atoms with Crippen LogP contribution in [0.4, 0.5) is 0 Å². The first kappa shape index (κ1) is 15.1. The molecule has 0 aliphatic heterocycles. The van der Waals surface area contributed by atoms with Gasteiger partial charge in [-0.3, -0.25) is 4.79 Å². The van der Waals surface area contributed by atoms with Crippen molar-refractivity contribution >= 4 is 21.8 Å². The van der Waals surface area contributed by atoms with Crippen LogP contribution in [0.1, 0.15) is 22.3 Å². The number of aliphatic hydroxyl groups is 1. The molecule has 0 saturated carbocycles. The van der Waals surface area contributed by atoms with Gasteiger partial charge >= 0.3 is 0 Å². The molecule has 0 bridgehead atoms. The minimum absolute atomic E-state index is 0.126. The number of carbonyl (C=O) groups is 1. The lowest BCUT2D eigenvalue weighted by Crippen LogP contribution is -2.29. The van der Waals surface area contributed by atoms with Crippen LogP contribution < -0.4 is 5.32 Å². The molecule has 2 N–H and O–H groups in total. The quantitative estimate of drug-likeness (QED) is 0.842. The molecule has 1 aromatic rings. The maximum atomic E-state index is 11.9. The van der Waals surface area contributed by atoms with E-state index in [1.165, 1.54) is 7.11 Å². The molecule has 0 aliphatic rings. The lowest BCUT2D eigenvalue weighted by molar-refractivity contribution is 0.0587. The molecule has 1 aromatic carbocycles. The van der Waals surface area contributed by atoms with Gasteiger partial charge in [0.05, 0.1) is 12.7 Å². The second kappa shape index (κ2) is 7.51. The fourth-order valence-electron chi connectivity index (χ4n) is 1.58. The maximum Gasteiger partial charge on any atom is 0.251 e. The van der Waals surface area contributed by atoms with Crippen molar-refractivity contribution in [1.82, 2.24) is 5.32 Å². The molecule has 4 nitrogen and oxygen atoms in total. The van der Waals surface area contributed by atoms with E-state index in [1.807, 2.05) is 19.1 Å². The van der Waals surface area contributed by atoms with Crippen LogP contribution in [-0.4, -0.2) is 37.4 Å². The fourth-order valence-corrected chi connectivity index (χ4v) is 1.94. The predicted molar refractivity (Wildman–Crippen MR) is 73.7 cm³/mol. The molecule has 1 amide bonds. The third-order valence-corrected chi connectivity index (χ3v) is 3.49. The van der Waals surface area contributed by atoms with Gasteiger partial charge < -0.3 is 15.2 Å². The zero-order valence-electron chi connectivity index (χ0n) is 10.6. The Bertz CT molecular complexity index is 409. The number of benzene rings is 1. The zero-order chi connectivity index (χ0) is 13.5. The molecule has 0 heterocycles. The number of hydrogen-bond acceptors (Lipinski definition) is 3. The summed E-state index contributed by atoms with van der Waals surface area (Å²) in [5.41, 5.74) is 1.55. The Morgan fingerprint density at radius 1 is 1.56 bits per heavy atom. The van der Waals surface area contributed by atoms with Crippen LogP contribution in [0.25, 0.3) is 0 Å². The van der Waals surface area contributed by atoms with E-state index in [0.29, 0.717) is 18.5 Å². The van der Waals surface area contributed by atoms with E-state index >= 15 is 0 Å². The highest BCUT2D eigenvalue weighted by molar-refractivity contribution is 9.10. The summed E-state index contributed by atoms with van der Waals surface area (Å²) in [6, 6.07) is 5.50. The molecule has 18 heavy (non-hydrogen) atoms. The van der Waals surface area contributed by atoms with Crippen LogP contribution in [0.15, 0.2) is 22.7 Å². The molecule has 1 atom stereocenters. The number of hydrogen-bond donors (Lipinski definition) is 2. The van der Waals surface area contributed by atoms with Gasteiger partial charge in [-0.1, -0.05) is 22.0 Å². The number of halogens is 1. The van der Waals surface area contributed by atoms with Crippen LogP contribution >= 0.6 is 15.9 Å². The van der Waals surface area contributed by atoms with E-state index < -0.39 is 6.10 Å². The highest BCUT2D eigenvalue weighted by Gasteiger charge is 2.11. The minimum Gasteiger partial charge on any atom is -0.391 e. The van der Waals surface area contributed by atoms with Gasteiger partial charge in [0.25, 0.3) is 5.91 Å². The molecule has 0 saturated heterocycles. The van der Waals surface area contributed by atoms with Crippen molar-refractivity contribution in [2.75, 3.05) is 20.3 Å². The first-order valence-corrected chi connectivity index (χ1v) is 6.56. The number of nitrogens with one attached hydrogen (secondary N) is 1. The monoisotopic (exact) mass is 315 g/mol. The maximum absolute atomic E-state index is 11.9. The Kier molecular flexibility index (Phi) is 6.32. The van der Waals surface area contributed by atoms with Crippen LogP contribution in [0.5, 0.6) is 0 Å². The van der Waals surface area contributed by atoms with Gasteiger partial charge in [-0.25, -0.2) is 0 Å². The topological polar surface area (TPSA) is 58.6 Å². The second-order valence-electron chi connectivity index (χ2n) is 4.07. The summed E-state index contributed by atoms with van der Waals surface area (Å²) in [4.78, 5) is 11.9. The Balaban J connectivity index is 2.48. The van der Waals surface area contributed by atoms with Crippen LogP contribution in [0.3, 0.4) is 0 Å². The Hall–Kier alpha value is -0.910. The molecule has 100 valence electrons. The minimum atomic E-state index is -0.543. The molecular weight excluding hydrogens is 298 g/mol. The average molecular weight is 316 g/mol. The van der Waals surface area contributed by atoms with Gasteiger partial charge in [-0.05, 0) is 31.0 Å². The van der Waals surface area contributed by atoms with Gasteiger partial charge in [-0.15, -0.1) is 0 Å². The number of ether oxygens (including phenoxy) is 1. The smallest absolute Gasteiger partial charge is 0.251 e. The number of amides is 1. The van der Waals surface area contributed by atoms with Crippen molar-refractivity contribution in [1.29, 1.82) is 0 Å². The first-order valence-electron chi connectivity index (χ1n) is 5.76. The van der Waals surface area contributed by atoms with E-state index in [-0.39, 0.29) is 12.5 Å². The Labute approximate surface area is 115 Å². The first-order chi connectivity index (χ1) is 8.56. The number of aliphatic hydroxyl groups excluding tert-OH is 1. The summed E-state index contributed by atoms with van der Waals surface area (Å²) in [6.07, 6.45) is -0.0639. The largest absolute Gasteiger partial charge is 0.391 e. The fraction of sp³-hybridized carbons (Fsp3) is 0.462. The van der Waals surface area contributed by atoms with Crippen LogP contribution in [-0.2, 0) is 4.74 Å². The predicted octanol–water partition coefficient (Wildman–Crippen LogP) is 1.88. The highest BCUT2D eigenvalue weighted by Crippen LogP contribution is 2.19. The summed E-state index contributed by atoms with van der Waals surface area (Å²) in [6.45, 7) is 2.60. The van der Waals surface area contributed by atoms with Crippen molar-refractivity contribution in [3.05, 3.63) is 33.8 Å². The molecule has 0 aromatic heterocycles. The lowest BCUT2D eigenvalue weighted by Gasteiger charge is -2.11. The highest BCUT2D eigenvalue weighted by atomic mass is 79.9. The van der Waals surface area contributed by atoms with E-state index in [9.17, 15) is 9.90 Å². The molecule has 5 heteroatoms. The van der Waals surface area contributed by atoms with Crippen molar-refractivity contribution in [3.8, 4) is 0 Å². The third kappa shape index (κ3) is 4.40. The number of carbonyl (C=O) groups excluding carboxylic acids is 1. The summed E-state index contributed by atoms with van der Waals surface area (Å²) >= 11 is 3.39. The van der Waals surface area contributed by atoms with Crippen molar-refractivity contribution in [2.24, 2.45) is 0 Å². The van der Waals surface area contributed by atoms with Gasteiger partial charge in [0.15, 0.2) is 0 Å². The summed E-state index contributed by atoms with van der Waals surface area (Å²) < 4.78 is 5.72. The zero-order valence-corrected chi connectivity index (χ0v) is 12.2. The second-order valence-corrected chi connectivity index (χ2v) is 4.92. The van der Waals surface area contributed by atoms with E-state index in [2.05, 4.69) is 21.2 Å². The van der Waals surface area contributed by atoms with Crippen LogP contribution in [0, 0.1) is 6.92 Å². The van der Waals surface area contributed by atoms with Gasteiger partial charge in [0.1, 0.15) is 0 Å². The van der Waals surface area contributed by atoms with E-state index in [1.54, 1.807) is 6.07 Å². The summed E-state index contributed by atoms with van der Waals surface area (Å²) in [5, 5.41) is 12.2. The van der Waals surface area contributed by atoms with Gasteiger partial charge in [-0.2, -0.15) is 0 Å². The van der Waals surface area contributed by atoms with Crippen molar-refractivity contribution in [2.45, 2.75) is 19.4 Å². The lowest BCUT2D eigenvalue weighted by atomic mass is 10.1.